The molecule has 1 aliphatic heterocycles. The summed E-state index contributed by atoms with van der Waals surface area (Å²) in [5.41, 5.74) is 1.71. The standard InChI is InChI=1S/C15H18N4O2S/c16-8-10-9-3-1-2-4-12(9)22-15(10)19-13(20)7-11-14(21)18-6-5-17-11/h11,17H,1-7H2,(H,18,21)(H,19,20). The first-order valence-electron chi connectivity index (χ1n) is 7.54. The van der Waals surface area contributed by atoms with E-state index in [1.54, 1.807) is 0 Å². The van der Waals surface area contributed by atoms with E-state index in [4.69, 9.17) is 0 Å². The van der Waals surface area contributed by atoms with Gasteiger partial charge in [0, 0.05) is 18.0 Å². The highest BCUT2D eigenvalue weighted by Gasteiger charge is 2.26. The highest BCUT2D eigenvalue weighted by atomic mass is 32.1. The van der Waals surface area contributed by atoms with Gasteiger partial charge in [0.05, 0.1) is 18.0 Å². The monoisotopic (exact) mass is 318 g/mol. The summed E-state index contributed by atoms with van der Waals surface area (Å²) in [5, 5.41) is 18.6. The number of carbonyl (C=O) groups excluding carboxylic acids is 2. The lowest BCUT2D eigenvalue weighted by Crippen LogP contribution is -2.53. The molecule has 0 aromatic carbocycles. The molecule has 22 heavy (non-hydrogen) atoms. The van der Waals surface area contributed by atoms with Gasteiger partial charge in [0.25, 0.3) is 0 Å². The topological polar surface area (TPSA) is 94.0 Å². The molecule has 2 aliphatic rings. The first-order valence-corrected chi connectivity index (χ1v) is 8.36. The van der Waals surface area contributed by atoms with Gasteiger partial charge in [-0.1, -0.05) is 0 Å². The number of piperazine rings is 1. The van der Waals surface area contributed by atoms with Crippen LogP contribution in [-0.2, 0) is 22.4 Å². The van der Waals surface area contributed by atoms with Gasteiger partial charge in [-0.15, -0.1) is 11.3 Å². The number of fused-ring (bicyclic) bond motifs is 1. The van der Waals surface area contributed by atoms with Crippen LogP contribution >= 0.6 is 11.3 Å². The van der Waals surface area contributed by atoms with Crippen LogP contribution in [0.25, 0.3) is 0 Å². The molecule has 6 nitrogen and oxygen atoms in total. The number of nitriles is 1. The molecule has 7 heteroatoms. The zero-order chi connectivity index (χ0) is 15.5. The number of hydrogen-bond donors (Lipinski definition) is 3. The molecule has 1 aliphatic carbocycles. The maximum atomic E-state index is 12.2. The van der Waals surface area contributed by atoms with E-state index in [9.17, 15) is 14.9 Å². The van der Waals surface area contributed by atoms with Crippen LogP contribution in [0.4, 0.5) is 5.00 Å². The second kappa shape index (κ2) is 6.46. The number of thiophene rings is 1. The van der Waals surface area contributed by atoms with Crippen molar-refractivity contribution in [3.8, 4) is 6.07 Å². The van der Waals surface area contributed by atoms with E-state index in [-0.39, 0.29) is 18.2 Å². The van der Waals surface area contributed by atoms with E-state index in [1.165, 1.54) is 16.2 Å². The average molecular weight is 318 g/mol. The van der Waals surface area contributed by atoms with Crippen molar-refractivity contribution < 1.29 is 9.59 Å². The number of anilines is 1. The largest absolute Gasteiger partial charge is 0.353 e. The zero-order valence-corrected chi connectivity index (χ0v) is 13.0. The second-order valence-electron chi connectivity index (χ2n) is 5.58. The molecule has 1 aromatic heterocycles. The van der Waals surface area contributed by atoms with Gasteiger partial charge in [-0.25, -0.2) is 0 Å². The maximum absolute atomic E-state index is 12.2. The minimum atomic E-state index is -0.492. The van der Waals surface area contributed by atoms with Gasteiger partial charge < -0.3 is 16.0 Å². The predicted molar refractivity (Wildman–Crippen MR) is 83.7 cm³/mol. The van der Waals surface area contributed by atoms with E-state index in [0.29, 0.717) is 23.7 Å². The quantitative estimate of drug-likeness (QED) is 0.772. The minimum Gasteiger partial charge on any atom is -0.353 e. The third-order valence-electron chi connectivity index (χ3n) is 4.06. The number of hydrogen-bond acceptors (Lipinski definition) is 5. The van der Waals surface area contributed by atoms with Crippen molar-refractivity contribution in [2.75, 3.05) is 18.4 Å². The molecule has 0 saturated carbocycles. The van der Waals surface area contributed by atoms with Crippen molar-refractivity contribution in [3.05, 3.63) is 16.0 Å². The zero-order valence-electron chi connectivity index (χ0n) is 12.2. The average Bonchev–Trinajstić information content (AvgIpc) is 2.86. The van der Waals surface area contributed by atoms with Gasteiger partial charge in [-0.3, -0.25) is 9.59 Å². The molecule has 0 radical (unpaired) electrons. The van der Waals surface area contributed by atoms with Crippen LogP contribution in [0.1, 0.15) is 35.3 Å². The Morgan fingerprint density at radius 2 is 2.18 bits per heavy atom. The molecule has 1 atom stereocenters. The molecule has 116 valence electrons. The number of aryl methyl sites for hydroxylation is 1. The third-order valence-corrected chi connectivity index (χ3v) is 5.26. The van der Waals surface area contributed by atoms with E-state index in [2.05, 4.69) is 22.0 Å². The van der Waals surface area contributed by atoms with Crippen molar-refractivity contribution in [3.63, 3.8) is 0 Å². The summed E-state index contributed by atoms with van der Waals surface area (Å²) < 4.78 is 0. The Hall–Kier alpha value is -1.91. The molecule has 0 spiro atoms. The van der Waals surface area contributed by atoms with Crippen molar-refractivity contribution in [1.82, 2.24) is 10.6 Å². The number of nitrogens with zero attached hydrogens (tertiary/aromatic N) is 1. The van der Waals surface area contributed by atoms with Gasteiger partial charge in [-0.2, -0.15) is 5.26 Å². The van der Waals surface area contributed by atoms with E-state index in [0.717, 1.165) is 31.2 Å². The Balaban J connectivity index is 1.70. The highest BCUT2D eigenvalue weighted by Crippen LogP contribution is 2.37. The van der Waals surface area contributed by atoms with Crippen molar-refractivity contribution >= 4 is 28.2 Å². The van der Waals surface area contributed by atoms with Gasteiger partial charge in [0.2, 0.25) is 11.8 Å². The molecule has 2 heterocycles. The van der Waals surface area contributed by atoms with Crippen LogP contribution in [0.5, 0.6) is 0 Å². The Morgan fingerprint density at radius 1 is 1.36 bits per heavy atom. The summed E-state index contributed by atoms with van der Waals surface area (Å²) >= 11 is 1.50. The first kappa shape index (κ1) is 15.0. The van der Waals surface area contributed by atoms with Crippen molar-refractivity contribution in [2.24, 2.45) is 0 Å². The number of rotatable bonds is 3. The molecular formula is C15H18N4O2S. The van der Waals surface area contributed by atoms with Crippen LogP contribution in [0.2, 0.25) is 0 Å². The van der Waals surface area contributed by atoms with Crippen LogP contribution in [0.15, 0.2) is 0 Å². The second-order valence-corrected chi connectivity index (χ2v) is 6.68. The lowest BCUT2D eigenvalue weighted by atomic mass is 9.96. The predicted octanol–water partition coefficient (Wildman–Crippen LogP) is 0.915. The Morgan fingerprint density at radius 3 is 2.95 bits per heavy atom. The lowest BCUT2D eigenvalue weighted by Gasteiger charge is -2.22. The van der Waals surface area contributed by atoms with Crippen LogP contribution in [0.3, 0.4) is 0 Å². The van der Waals surface area contributed by atoms with Crippen molar-refractivity contribution in [1.29, 1.82) is 5.26 Å². The van der Waals surface area contributed by atoms with E-state index < -0.39 is 6.04 Å². The van der Waals surface area contributed by atoms with Gasteiger partial charge in [-0.05, 0) is 31.2 Å². The van der Waals surface area contributed by atoms with Crippen molar-refractivity contribution in [2.45, 2.75) is 38.1 Å². The number of nitrogens with one attached hydrogen (secondary N) is 3. The Bertz CT molecular complexity index is 647. The Kier molecular flexibility index (Phi) is 4.41. The molecule has 3 rings (SSSR count). The normalized spacial score (nSPS) is 20.7. The third kappa shape index (κ3) is 2.98. The molecule has 3 N–H and O–H groups in total. The number of carbonyl (C=O) groups is 2. The van der Waals surface area contributed by atoms with Crippen LogP contribution < -0.4 is 16.0 Å². The van der Waals surface area contributed by atoms with E-state index >= 15 is 0 Å². The summed E-state index contributed by atoms with van der Waals surface area (Å²) in [6, 6.07) is 1.73. The fourth-order valence-corrected chi connectivity index (χ4v) is 4.20. The van der Waals surface area contributed by atoms with Gasteiger partial charge >= 0.3 is 0 Å². The summed E-state index contributed by atoms with van der Waals surface area (Å²) in [7, 11) is 0. The molecule has 1 fully saturated rings. The molecule has 1 unspecified atom stereocenters. The molecule has 1 saturated heterocycles. The fourth-order valence-electron chi connectivity index (χ4n) is 2.95. The van der Waals surface area contributed by atoms with Crippen LogP contribution in [0, 0.1) is 11.3 Å². The van der Waals surface area contributed by atoms with E-state index in [1.807, 2.05) is 0 Å². The minimum absolute atomic E-state index is 0.0826. The molecule has 2 amide bonds. The SMILES string of the molecule is N#Cc1c(NC(=O)CC2NCCNC2=O)sc2c1CCCC2. The summed E-state index contributed by atoms with van der Waals surface area (Å²) in [6.45, 7) is 1.26. The molecular weight excluding hydrogens is 300 g/mol. The smallest absolute Gasteiger partial charge is 0.237 e. The van der Waals surface area contributed by atoms with Gasteiger partial charge in [0.15, 0.2) is 0 Å². The lowest BCUT2D eigenvalue weighted by molar-refractivity contribution is -0.127. The van der Waals surface area contributed by atoms with Gasteiger partial charge in [0.1, 0.15) is 11.1 Å². The fraction of sp³-hybridized carbons (Fsp3) is 0.533. The summed E-state index contributed by atoms with van der Waals surface area (Å²) in [6.07, 6.45) is 4.21. The summed E-state index contributed by atoms with van der Waals surface area (Å²) in [4.78, 5) is 25.0. The molecule has 1 aromatic rings. The maximum Gasteiger partial charge on any atom is 0.237 e. The highest BCUT2D eigenvalue weighted by molar-refractivity contribution is 7.16. The number of amides is 2. The Labute approximate surface area is 132 Å². The van der Waals surface area contributed by atoms with Crippen LogP contribution in [-0.4, -0.2) is 30.9 Å². The first-order chi connectivity index (χ1) is 10.7. The molecule has 0 bridgehead atoms. The summed E-state index contributed by atoms with van der Waals surface area (Å²) in [5.74, 6) is -0.378.